The Morgan fingerprint density at radius 1 is 1.16 bits per heavy atom. The van der Waals surface area contributed by atoms with Gasteiger partial charge in [-0.2, -0.15) is 0 Å². The summed E-state index contributed by atoms with van der Waals surface area (Å²) in [6.45, 7) is 7.86. The standard InChI is InChI=1S/C26H28N6O5S/c1-16-23(38-17(2)29-16)24(33)30-20-12-19(13-28-25(20)35-3)18-4-5-22-27-14-21(26(34)32(22)15-18)37-11-8-31-6-9-36-10-7-31/h4-5,12-15H,6-11H2,1-3H3,(H,30,33). The number of carbonyl (C=O) groups is 1. The van der Waals surface area contributed by atoms with Crippen LogP contribution in [0.1, 0.15) is 20.4 Å². The fraction of sp³-hybridized carbons (Fsp3) is 0.346. The molecule has 1 saturated heterocycles. The zero-order valence-corrected chi connectivity index (χ0v) is 22.2. The second-order valence-corrected chi connectivity index (χ2v) is 9.96. The number of carbonyl (C=O) groups excluding carboxylic acids is 1. The van der Waals surface area contributed by atoms with Gasteiger partial charge in [0.2, 0.25) is 11.6 Å². The van der Waals surface area contributed by atoms with Gasteiger partial charge in [-0.15, -0.1) is 11.3 Å². The van der Waals surface area contributed by atoms with Gasteiger partial charge in [0.25, 0.3) is 11.5 Å². The summed E-state index contributed by atoms with van der Waals surface area (Å²) in [6, 6.07) is 5.35. The number of thiazole rings is 1. The Morgan fingerprint density at radius 3 is 2.71 bits per heavy atom. The average molecular weight is 537 g/mol. The number of fused-ring (bicyclic) bond motifs is 1. The van der Waals surface area contributed by atoms with Crippen molar-refractivity contribution >= 4 is 28.6 Å². The Morgan fingerprint density at radius 2 is 1.97 bits per heavy atom. The van der Waals surface area contributed by atoms with E-state index in [1.54, 1.807) is 31.5 Å². The van der Waals surface area contributed by atoms with Crippen molar-refractivity contribution < 1.29 is 19.0 Å². The van der Waals surface area contributed by atoms with Crippen molar-refractivity contribution in [2.45, 2.75) is 13.8 Å². The topological polar surface area (TPSA) is 120 Å². The van der Waals surface area contributed by atoms with Crippen LogP contribution in [0, 0.1) is 13.8 Å². The van der Waals surface area contributed by atoms with Gasteiger partial charge in [0.15, 0.2) is 0 Å². The minimum Gasteiger partial charge on any atom is -0.485 e. The number of rotatable bonds is 8. The molecule has 1 N–H and O–H groups in total. The number of methoxy groups -OCH3 is 1. The Bertz CT molecular complexity index is 1530. The highest BCUT2D eigenvalue weighted by molar-refractivity contribution is 7.13. The predicted octanol–water partition coefficient (Wildman–Crippen LogP) is 2.80. The van der Waals surface area contributed by atoms with E-state index in [0.29, 0.717) is 59.4 Å². The summed E-state index contributed by atoms with van der Waals surface area (Å²) in [6.07, 6.45) is 4.77. The zero-order valence-electron chi connectivity index (χ0n) is 21.4. The van der Waals surface area contributed by atoms with Crippen molar-refractivity contribution in [3.05, 3.63) is 62.7 Å². The van der Waals surface area contributed by atoms with Crippen molar-refractivity contribution in [3.63, 3.8) is 0 Å². The molecular formula is C26H28N6O5S. The molecule has 0 radical (unpaired) electrons. The van der Waals surface area contributed by atoms with Crippen LogP contribution in [0.3, 0.4) is 0 Å². The maximum Gasteiger partial charge on any atom is 0.300 e. The van der Waals surface area contributed by atoms with Crippen molar-refractivity contribution in [1.29, 1.82) is 0 Å². The molecule has 0 bridgehead atoms. The Hall–Kier alpha value is -3.87. The molecule has 0 unspecified atom stereocenters. The third-order valence-corrected chi connectivity index (χ3v) is 7.25. The summed E-state index contributed by atoms with van der Waals surface area (Å²) >= 11 is 1.32. The number of anilines is 1. The summed E-state index contributed by atoms with van der Waals surface area (Å²) in [7, 11) is 1.49. The van der Waals surface area contributed by atoms with E-state index >= 15 is 0 Å². The number of hydrogen-bond acceptors (Lipinski definition) is 10. The number of aromatic nitrogens is 4. The lowest BCUT2D eigenvalue weighted by atomic mass is 10.1. The number of ether oxygens (including phenoxy) is 3. The first-order chi connectivity index (χ1) is 18.4. The Labute approximate surface area is 223 Å². The minimum absolute atomic E-state index is 0.184. The molecule has 12 heteroatoms. The van der Waals surface area contributed by atoms with Crippen LogP contribution in [0.2, 0.25) is 0 Å². The summed E-state index contributed by atoms with van der Waals surface area (Å²) in [5.41, 5.74) is 2.66. The van der Waals surface area contributed by atoms with Crippen LogP contribution in [0.25, 0.3) is 16.8 Å². The van der Waals surface area contributed by atoms with Crippen LogP contribution < -0.4 is 20.3 Å². The second-order valence-electron chi connectivity index (χ2n) is 8.76. The van der Waals surface area contributed by atoms with Crippen molar-refractivity contribution in [3.8, 4) is 22.8 Å². The number of pyridine rings is 2. The molecule has 0 spiro atoms. The molecule has 1 fully saturated rings. The molecule has 0 aliphatic carbocycles. The van der Waals surface area contributed by atoms with Gasteiger partial charge in [0, 0.05) is 43.2 Å². The largest absolute Gasteiger partial charge is 0.485 e. The molecule has 5 heterocycles. The van der Waals surface area contributed by atoms with E-state index in [1.807, 2.05) is 13.0 Å². The molecule has 1 amide bonds. The third kappa shape index (κ3) is 5.52. The molecule has 0 atom stereocenters. The maximum atomic E-state index is 13.2. The fourth-order valence-electron chi connectivity index (χ4n) is 4.22. The van der Waals surface area contributed by atoms with E-state index < -0.39 is 0 Å². The van der Waals surface area contributed by atoms with Crippen LogP contribution in [0.4, 0.5) is 5.69 Å². The van der Waals surface area contributed by atoms with Gasteiger partial charge in [-0.25, -0.2) is 15.0 Å². The number of hydrogen-bond donors (Lipinski definition) is 1. The van der Waals surface area contributed by atoms with E-state index in [4.69, 9.17) is 14.2 Å². The van der Waals surface area contributed by atoms with Gasteiger partial charge in [-0.1, -0.05) is 0 Å². The van der Waals surface area contributed by atoms with Gasteiger partial charge in [0.05, 0.1) is 37.2 Å². The van der Waals surface area contributed by atoms with Crippen LogP contribution >= 0.6 is 11.3 Å². The first-order valence-corrected chi connectivity index (χ1v) is 13.0. The van der Waals surface area contributed by atoms with E-state index in [-0.39, 0.29) is 23.1 Å². The quantitative estimate of drug-likeness (QED) is 0.362. The molecule has 198 valence electrons. The molecule has 11 nitrogen and oxygen atoms in total. The predicted molar refractivity (Wildman–Crippen MR) is 144 cm³/mol. The number of amides is 1. The maximum absolute atomic E-state index is 13.2. The molecule has 4 aromatic rings. The van der Waals surface area contributed by atoms with Gasteiger partial charge >= 0.3 is 0 Å². The third-order valence-electron chi connectivity index (χ3n) is 6.18. The van der Waals surface area contributed by atoms with Crippen LogP contribution in [-0.2, 0) is 4.74 Å². The van der Waals surface area contributed by atoms with E-state index in [0.717, 1.165) is 18.1 Å². The highest BCUT2D eigenvalue weighted by atomic mass is 32.1. The number of nitrogens with zero attached hydrogens (tertiary/aromatic N) is 5. The van der Waals surface area contributed by atoms with Crippen LogP contribution in [0.15, 0.2) is 41.6 Å². The highest BCUT2D eigenvalue weighted by Gasteiger charge is 2.18. The average Bonchev–Trinajstić information content (AvgIpc) is 3.28. The number of aryl methyl sites for hydroxylation is 2. The Kier molecular flexibility index (Phi) is 7.63. The van der Waals surface area contributed by atoms with Gasteiger partial charge in [-0.05, 0) is 32.0 Å². The normalized spacial score (nSPS) is 14.0. The first-order valence-electron chi connectivity index (χ1n) is 12.2. The molecule has 1 aliphatic heterocycles. The van der Waals surface area contributed by atoms with Gasteiger partial charge in [0.1, 0.15) is 22.8 Å². The fourth-order valence-corrected chi connectivity index (χ4v) is 5.04. The highest BCUT2D eigenvalue weighted by Crippen LogP contribution is 2.29. The molecule has 5 rings (SSSR count). The van der Waals surface area contributed by atoms with Gasteiger partial charge < -0.3 is 19.5 Å². The smallest absolute Gasteiger partial charge is 0.300 e. The lowest BCUT2D eigenvalue weighted by Gasteiger charge is -2.26. The van der Waals surface area contributed by atoms with Crippen LogP contribution in [0.5, 0.6) is 11.6 Å². The molecule has 4 aromatic heterocycles. The minimum atomic E-state index is -0.301. The summed E-state index contributed by atoms with van der Waals surface area (Å²) in [4.78, 5) is 41.9. The monoisotopic (exact) mass is 536 g/mol. The summed E-state index contributed by atoms with van der Waals surface area (Å²) in [5, 5.41) is 3.69. The number of nitrogens with one attached hydrogen (secondary N) is 1. The van der Waals surface area contributed by atoms with Crippen molar-refractivity contribution in [1.82, 2.24) is 24.3 Å². The lowest BCUT2D eigenvalue weighted by Crippen LogP contribution is -2.38. The number of morpholine rings is 1. The van der Waals surface area contributed by atoms with E-state index in [2.05, 4.69) is 25.2 Å². The molecule has 38 heavy (non-hydrogen) atoms. The summed E-state index contributed by atoms with van der Waals surface area (Å²) in [5.74, 6) is 0.170. The first kappa shape index (κ1) is 25.8. The Balaban J connectivity index is 1.39. The summed E-state index contributed by atoms with van der Waals surface area (Å²) < 4.78 is 18.0. The lowest BCUT2D eigenvalue weighted by molar-refractivity contribution is 0.0321. The molecular weight excluding hydrogens is 508 g/mol. The zero-order chi connectivity index (χ0) is 26.6. The molecule has 1 aliphatic rings. The van der Waals surface area contributed by atoms with Crippen molar-refractivity contribution in [2.75, 3.05) is 51.9 Å². The van der Waals surface area contributed by atoms with E-state index in [9.17, 15) is 9.59 Å². The van der Waals surface area contributed by atoms with E-state index in [1.165, 1.54) is 29.0 Å². The van der Waals surface area contributed by atoms with Crippen molar-refractivity contribution in [2.24, 2.45) is 0 Å². The van der Waals surface area contributed by atoms with Gasteiger partial charge in [-0.3, -0.25) is 18.9 Å². The molecule has 0 saturated carbocycles. The SMILES string of the molecule is COc1ncc(-c2ccc3ncc(OCCN4CCOCC4)c(=O)n3c2)cc1NC(=O)c1sc(C)nc1C. The van der Waals surface area contributed by atoms with Crippen LogP contribution in [-0.4, -0.2) is 76.7 Å². The molecule has 0 aromatic carbocycles. The second kappa shape index (κ2) is 11.3.